The lowest BCUT2D eigenvalue weighted by atomic mass is 9.93. The van der Waals surface area contributed by atoms with E-state index in [9.17, 15) is 4.79 Å². The fraction of sp³-hybridized carbons (Fsp3) is 0.462. The van der Waals surface area contributed by atoms with Crippen molar-refractivity contribution in [2.45, 2.75) is 19.8 Å². The second-order valence-corrected chi connectivity index (χ2v) is 4.34. The molecule has 0 bridgehead atoms. The summed E-state index contributed by atoms with van der Waals surface area (Å²) in [5.74, 6) is 0.458. The minimum absolute atomic E-state index is 0.0596. The molecule has 0 aromatic heterocycles. The maximum Gasteiger partial charge on any atom is 0.167 e. The van der Waals surface area contributed by atoms with Gasteiger partial charge in [-0.25, -0.2) is 0 Å². The van der Waals surface area contributed by atoms with E-state index >= 15 is 0 Å². The van der Waals surface area contributed by atoms with Crippen LogP contribution in [0.4, 0.5) is 0 Å². The summed E-state index contributed by atoms with van der Waals surface area (Å²) >= 11 is 5.91. The molecule has 1 aromatic carbocycles. The van der Waals surface area contributed by atoms with Gasteiger partial charge in [0, 0.05) is 18.0 Å². The van der Waals surface area contributed by atoms with Crippen molar-refractivity contribution in [1.82, 2.24) is 0 Å². The molecule has 4 heteroatoms. The average Bonchev–Trinajstić information content (AvgIpc) is 2.35. The van der Waals surface area contributed by atoms with E-state index < -0.39 is 0 Å². The number of rotatable bonds is 6. The summed E-state index contributed by atoms with van der Waals surface area (Å²) in [6, 6.07) is 5.06. The molecule has 2 N–H and O–H groups in total. The van der Waals surface area contributed by atoms with Gasteiger partial charge in [-0.05, 0) is 24.6 Å². The maximum absolute atomic E-state index is 12.2. The normalized spacial score (nSPS) is 12.2. The van der Waals surface area contributed by atoms with E-state index in [-0.39, 0.29) is 11.7 Å². The van der Waals surface area contributed by atoms with Crippen LogP contribution in [0.2, 0.25) is 5.02 Å². The Morgan fingerprint density at radius 2 is 2.24 bits per heavy atom. The molecule has 0 aliphatic carbocycles. The van der Waals surface area contributed by atoms with E-state index in [2.05, 4.69) is 0 Å². The van der Waals surface area contributed by atoms with Gasteiger partial charge in [0.25, 0.3) is 0 Å². The fourth-order valence-electron chi connectivity index (χ4n) is 1.75. The summed E-state index contributed by atoms with van der Waals surface area (Å²) in [4.78, 5) is 12.2. The number of carbonyl (C=O) groups is 1. The molecule has 0 aliphatic rings. The van der Waals surface area contributed by atoms with Crippen LogP contribution >= 0.6 is 11.6 Å². The number of carbonyl (C=O) groups excluding carboxylic acids is 1. The smallest absolute Gasteiger partial charge is 0.167 e. The van der Waals surface area contributed by atoms with Crippen LogP contribution in [0, 0.1) is 5.92 Å². The number of methoxy groups -OCH3 is 1. The molecule has 0 fully saturated rings. The van der Waals surface area contributed by atoms with Crippen molar-refractivity contribution in [1.29, 1.82) is 0 Å². The van der Waals surface area contributed by atoms with E-state index in [0.717, 1.165) is 12.8 Å². The highest BCUT2D eigenvalue weighted by atomic mass is 35.5. The van der Waals surface area contributed by atoms with Crippen LogP contribution in [0.1, 0.15) is 30.1 Å². The molecule has 1 rings (SSSR count). The highest BCUT2D eigenvalue weighted by molar-refractivity contribution is 6.32. The molecule has 0 heterocycles. The summed E-state index contributed by atoms with van der Waals surface area (Å²) in [7, 11) is 1.53. The summed E-state index contributed by atoms with van der Waals surface area (Å²) in [6.45, 7) is 2.41. The third-order valence-corrected chi connectivity index (χ3v) is 3.04. The Morgan fingerprint density at radius 1 is 1.53 bits per heavy atom. The lowest BCUT2D eigenvalue weighted by Crippen LogP contribution is -2.23. The molecule has 94 valence electrons. The molecule has 0 saturated carbocycles. The van der Waals surface area contributed by atoms with Crippen LogP contribution < -0.4 is 10.5 Å². The monoisotopic (exact) mass is 255 g/mol. The van der Waals surface area contributed by atoms with Crippen LogP contribution in [-0.2, 0) is 0 Å². The Kier molecular flexibility index (Phi) is 5.45. The molecule has 0 radical (unpaired) electrons. The molecular weight excluding hydrogens is 238 g/mol. The van der Waals surface area contributed by atoms with Gasteiger partial charge in [-0.3, -0.25) is 4.79 Å². The number of halogens is 1. The lowest BCUT2D eigenvalue weighted by Gasteiger charge is -2.13. The predicted octanol–water partition coefficient (Wildman–Crippen LogP) is 2.91. The third-order valence-electron chi connectivity index (χ3n) is 2.73. The Balaban J connectivity index is 2.95. The Bertz CT molecular complexity index is 393. The van der Waals surface area contributed by atoms with Crippen molar-refractivity contribution >= 4 is 17.4 Å². The number of Topliss-reactive ketones (excluding diaryl/α,β-unsaturated/α-hetero) is 1. The number of benzene rings is 1. The van der Waals surface area contributed by atoms with E-state index in [1.165, 1.54) is 7.11 Å². The second kappa shape index (κ2) is 6.62. The first-order valence-corrected chi connectivity index (χ1v) is 6.09. The van der Waals surface area contributed by atoms with Gasteiger partial charge < -0.3 is 10.5 Å². The summed E-state index contributed by atoms with van der Waals surface area (Å²) in [5, 5.41) is 0.504. The first kappa shape index (κ1) is 14.0. The van der Waals surface area contributed by atoms with Crippen LogP contribution in [0.5, 0.6) is 5.75 Å². The molecule has 1 aromatic rings. The van der Waals surface area contributed by atoms with Gasteiger partial charge in [-0.2, -0.15) is 0 Å². The molecule has 0 saturated heterocycles. The molecular formula is C13H18ClNO2. The molecule has 1 atom stereocenters. The van der Waals surface area contributed by atoms with Crippen molar-refractivity contribution in [3.05, 3.63) is 28.8 Å². The number of ketones is 1. The zero-order chi connectivity index (χ0) is 12.8. The van der Waals surface area contributed by atoms with Gasteiger partial charge in [0.15, 0.2) is 5.78 Å². The van der Waals surface area contributed by atoms with Crippen LogP contribution in [0.15, 0.2) is 18.2 Å². The predicted molar refractivity (Wildman–Crippen MR) is 69.8 cm³/mol. The fourth-order valence-corrected chi connectivity index (χ4v) is 1.95. The second-order valence-electron chi connectivity index (χ2n) is 3.93. The number of hydrogen-bond acceptors (Lipinski definition) is 3. The number of hydrogen-bond donors (Lipinski definition) is 1. The van der Waals surface area contributed by atoms with Gasteiger partial charge in [0.1, 0.15) is 5.75 Å². The molecule has 17 heavy (non-hydrogen) atoms. The summed E-state index contributed by atoms with van der Waals surface area (Å²) < 4.78 is 5.09. The van der Waals surface area contributed by atoms with Crippen LogP contribution in [0.25, 0.3) is 0 Å². The molecule has 0 aliphatic heterocycles. The zero-order valence-electron chi connectivity index (χ0n) is 10.2. The third kappa shape index (κ3) is 3.45. The first-order chi connectivity index (χ1) is 8.13. The van der Waals surface area contributed by atoms with Gasteiger partial charge in [-0.1, -0.05) is 24.9 Å². The van der Waals surface area contributed by atoms with Crippen LogP contribution in [0.3, 0.4) is 0 Å². The standard InChI is InChI=1S/C13H18ClNO2/c1-3-4-10(8-15)13(16)9-5-6-11(14)12(7-9)17-2/h5-7,10H,3-4,8,15H2,1-2H3. The average molecular weight is 256 g/mol. The topological polar surface area (TPSA) is 52.3 Å². The van der Waals surface area contributed by atoms with Crippen molar-refractivity contribution in [3.8, 4) is 5.75 Å². The highest BCUT2D eigenvalue weighted by Crippen LogP contribution is 2.26. The van der Waals surface area contributed by atoms with Gasteiger partial charge in [-0.15, -0.1) is 0 Å². The minimum Gasteiger partial charge on any atom is -0.495 e. The van der Waals surface area contributed by atoms with Crippen LogP contribution in [-0.4, -0.2) is 19.4 Å². The quantitative estimate of drug-likeness (QED) is 0.796. The SMILES string of the molecule is CCCC(CN)C(=O)c1ccc(Cl)c(OC)c1. The molecule has 0 amide bonds. The van der Waals surface area contributed by atoms with E-state index in [0.29, 0.717) is 22.9 Å². The van der Waals surface area contributed by atoms with E-state index in [4.69, 9.17) is 22.1 Å². The molecule has 0 spiro atoms. The Hall–Kier alpha value is -1.06. The Labute approximate surface area is 107 Å². The van der Waals surface area contributed by atoms with Crippen molar-refractivity contribution in [2.75, 3.05) is 13.7 Å². The van der Waals surface area contributed by atoms with Crippen molar-refractivity contribution in [2.24, 2.45) is 11.7 Å². The largest absolute Gasteiger partial charge is 0.495 e. The van der Waals surface area contributed by atoms with E-state index in [1.807, 2.05) is 6.92 Å². The summed E-state index contributed by atoms with van der Waals surface area (Å²) in [6.07, 6.45) is 1.75. The van der Waals surface area contributed by atoms with Crippen molar-refractivity contribution in [3.63, 3.8) is 0 Å². The van der Waals surface area contributed by atoms with Gasteiger partial charge in [0.05, 0.1) is 12.1 Å². The molecule has 3 nitrogen and oxygen atoms in total. The maximum atomic E-state index is 12.2. The van der Waals surface area contributed by atoms with E-state index in [1.54, 1.807) is 18.2 Å². The molecule has 1 unspecified atom stereocenters. The van der Waals surface area contributed by atoms with Gasteiger partial charge in [0.2, 0.25) is 0 Å². The first-order valence-electron chi connectivity index (χ1n) is 5.71. The van der Waals surface area contributed by atoms with Crippen molar-refractivity contribution < 1.29 is 9.53 Å². The zero-order valence-corrected chi connectivity index (χ0v) is 11.0. The van der Waals surface area contributed by atoms with Gasteiger partial charge >= 0.3 is 0 Å². The number of ether oxygens (including phenoxy) is 1. The minimum atomic E-state index is -0.120. The number of nitrogens with two attached hydrogens (primary N) is 1. The lowest BCUT2D eigenvalue weighted by molar-refractivity contribution is 0.0917. The Morgan fingerprint density at radius 3 is 2.76 bits per heavy atom. The summed E-state index contributed by atoms with van der Waals surface area (Å²) in [5.41, 5.74) is 6.23. The highest BCUT2D eigenvalue weighted by Gasteiger charge is 2.18.